The van der Waals surface area contributed by atoms with Crippen molar-refractivity contribution in [2.75, 3.05) is 26.7 Å². The first-order chi connectivity index (χ1) is 8.71. The standard InChI is InChI=1S/C13H25N3O2/c1-4-7-12(16(11-17)10-5-2)13(18)15-9-6-8-14-3/h4,11-12,14H,1,5-10H2,2-3H3,(H,15,18)/t12-/m0/s1. The van der Waals surface area contributed by atoms with Crippen LogP contribution < -0.4 is 10.6 Å². The van der Waals surface area contributed by atoms with E-state index in [0.717, 1.165) is 25.8 Å². The van der Waals surface area contributed by atoms with E-state index in [1.54, 1.807) is 6.08 Å². The van der Waals surface area contributed by atoms with E-state index < -0.39 is 6.04 Å². The van der Waals surface area contributed by atoms with Crippen LogP contribution in [0.5, 0.6) is 0 Å². The minimum absolute atomic E-state index is 0.105. The molecule has 104 valence electrons. The number of hydrogen-bond acceptors (Lipinski definition) is 3. The van der Waals surface area contributed by atoms with Crippen LogP contribution in [0.25, 0.3) is 0 Å². The molecule has 0 saturated carbocycles. The number of carbonyl (C=O) groups is 2. The molecule has 0 saturated heterocycles. The molecule has 2 amide bonds. The lowest BCUT2D eigenvalue weighted by molar-refractivity contribution is -0.132. The lowest BCUT2D eigenvalue weighted by atomic mass is 10.1. The Balaban J connectivity index is 4.32. The highest BCUT2D eigenvalue weighted by Crippen LogP contribution is 2.04. The van der Waals surface area contributed by atoms with Gasteiger partial charge in [-0.25, -0.2) is 0 Å². The fourth-order valence-corrected chi connectivity index (χ4v) is 1.69. The largest absolute Gasteiger partial charge is 0.354 e. The van der Waals surface area contributed by atoms with Crippen molar-refractivity contribution < 1.29 is 9.59 Å². The van der Waals surface area contributed by atoms with E-state index in [4.69, 9.17) is 0 Å². The molecular formula is C13H25N3O2. The minimum atomic E-state index is -0.436. The van der Waals surface area contributed by atoms with Crippen LogP contribution in [0.2, 0.25) is 0 Å². The molecule has 0 spiro atoms. The first kappa shape index (κ1) is 16.6. The van der Waals surface area contributed by atoms with Gasteiger partial charge in [-0.3, -0.25) is 9.59 Å². The van der Waals surface area contributed by atoms with Gasteiger partial charge in [0.05, 0.1) is 0 Å². The Bertz CT molecular complexity index is 257. The number of nitrogens with one attached hydrogen (secondary N) is 2. The van der Waals surface area contributed by atoms with Crippen LogP contribution in [0.15, 0.2) is 12.7 Å². The summed E-state index contributed by atoms with van der Waals surface area (Å²) in [6.07, 6.45) is 4.60. The van der Waals surface area contributed by atoms with Crippen molar-refractivity contribution >= 4 is 12.3 Å². The SMILES string of the molecule is C=CC[C@@H](C(=O)NCCCNC)N(C=O)CCC. The summed E-state index contributed by atoms with van der Waals surface area (Å²) in [5.74, 6) is -0.105. The van der Waals surface area contributed by atoms with E-state index in [1.165, 1.54) is 4.90 Å². The summed E-state index contributed by atoms with van der Waals surface area (Å²) in [6, 6.07) is -0.436. The van der Waals surface area contributed by atoms with Crippen LogP contribution >= 0.6 is 0 Å². The second-order valence-electron chi connectivity index (χ2n) is 4.13. The third kappa shape index (κ3) is 6.39. The predicted molar refractivity (Wildman–Crippen MR) is 73.2 cm³/mol. The Morgan fingerprint density at radius 1 is 1.44 bits per heavy atom. The molecule has 0 aliphatic heterocycles. The fourth-order valence-electron chi connectivity index (χ4n) is 1.69. The van der Waals surface area contributed by atoms with E-state index in [9.17, 15) is 9.59 Å². The molecule has 0 aliphatic carbocycles. The smallest absolute Gasteiger partial charge is 0.243 e. The van der Waals surface area contributed by atoms with Crippen LogP contribution in [-0.2, 0) is 9.59 Å². The zero-order valence-electron chi connectivity index (χ0n) is 11.4. The van der Waals surface area contributed by atoms with E-state index in [-0.39, 0.29) is 5.91 Å². The topological polar surface area (TPSA) is 61.4 Å². The van der Waals surface area contributed by atoms with Gasteiger partial charge in [-0.1, -0.05) is 13.0 Å². The van der Waals surface area contributed by atoms with Gasteiger partial charge in [0.15, 0.2) is 0 Å². The van der Waals surface area contributed by atoms with Gasteiger partial charge in [-0.05, 0) is 32.9 Å². The third-order valence-electron chi connectivity index (χ3n) is 2.61. The molecule has 0 radical (unpaired) electrons. The zero-order valence-corrected chi connectivity index (χ0v) is 11.4. The number of nitrogens with zero attached hydrogens (tertiary/aromatic N) is 1. The molecule has 0 rings (SSSR count). The number of amides is 2. The van der Waals surface area contributed by atoms with Gasteiger partial charge in [-0.2, -0.15) is 0 Å². The highest BCUT2D eigenvalue weighted by molar-refractivity contribution is 5.83. The normalized spacial score (nSPS) is 11.7. The molecule has 2 N–H and O–H groups in total. The summed E-state index contributed by atoms with van der Waals surface area (Å²) in [5.41, 5.74) is 0. The average molecular weight is 255 g/mol. The Hall–Kier alpha value is -1.36. The molecule has 1 atom stereocenters. The Morgan fingerprint density at radius 3 is 2.67 bits per heavy atom. The van der Waals surface area contributed by atoms with Crippen molar-refractivity contribution in [2.45, 2.75) is 32.2 Å². The van der Waals surface area contributed by atoms with Crippen LogP contribution in [-0.4, -0.2) is 49.9 Å². The van der Waals surface area contributed by atoms with Gasteiger partial charge >= 0.3 is 0 Å². The van der Waals surface area contributed by atoms with E-state index in [0.29, 0.717) is 19.5 Å². The summed E-state index contributed by atoms with van der Waals surface area (Å²) in [6.45, 7) is 7.68. The van der Waals surface area contributed by atoms with Gasteiger partial charge in [0, 0.05) is 13.1 Å². The Kier molecular flexibility index (Phi) is 9.96. The minimum Gasteiger partial charge on any atom is -0.354 e. The summed E-state index contributed by atoms with van der Waals surface area (Å²) >= 11 is 0. The number of hydrogen-bond donors (Lipinski definition) is 2. The maximum atomic E-state index is 12.0. The predicted octanol–water partition coefficient (Wildman–Crippen LogP) is 0.525. The molecule has 5 heteroatoms. The molecule has 0 heterocycles. The monoisotopic (exact) mass is 255 g/mol. The zero-order chi connectivity index (χ0) is 13.8. The fraction of sp³-hybridized carbons (Fsp3) is 0.692. The number of carbonyl (C=O) groups excluding carboxylic acids is 2. The number of rotatable bonds is 11. The van der Waals surface area contributed by atoms with Crippen LogP contribution in [0, 0.1) is 0 Å². The summed E-state index contributed by atoms with van der Waals surface area (Å²) in [7, 11) is 1.87. The maximum Gasteiger partial charge on any atom is 0.243 e. The second-order valence-corrected chi connectivity index (χ2v) is 4.13. The van der Waals surface area contributed by atoms with Gasteiger partial charge in [0.1, 0.15) is 6.04 Å². The van der Waals surface area contributed by atoms with Crippen LogP contribution in [0.1, 0.15) is 26.2 Å². The van der Waals surface area contributed by atoms with Crippen molar-refractivity contribution in [2.24, 2.45) is 0 Å². The van der Waals surface area contributed by atoms with E-state index in [2.05, 4.69) is 17.2 Å². The van der Waals surface area contributed by atoms with Gasteiger partial charge < -0.3 is 15.5 Å². The second kappa shape index (κ2) is 10.8. The van der Waals surface area contributed by atoms with Crippen molar-refractivity contribution in [1.29, 1.82) is 0 Å². The van der Waals surface area contributed by atoms with Crippen molar-refractivity contribution in [1.82, 2.24) is 15.5 Å². The van der Waals surface area contributed by atoms with Crippen molar-refractivity contribution in [3.8, 4) is 0 Å². The van der Waals surface area contributed by atoms with E-state index in [1.807, 2.05) is 14.0 Å². The molecule has 0 aliphatic rings. The van der Waals surface area contributed by atoms with Crippen molar-refractivity contribution in [3.63, 3.8) is 0 Å². The summed E-state index contributed by atoms with van der Waals surface area (Å²) in [4.78, 5) is 24.5. The molecule has 0 aromatic carbocycles. The maximum absolute atomic E-state index is 12.0. The van der Waals surface area contributed by atoms with Gasteiger partial charge in [-0.15, -0.1) is 6.58 Å². The lowest BCUT2D eigenvalue weighted by Crippen LogP contribution is -2.46. The average Bonchev–Trinajstić information content (AvgIpc) is 2.38. The van der Waals surface area contributed by atoms with Gasteiger partial charge in [0.2, 0.25) is 12.3 Å². The molecule has 5 nitrogen and oxygen atoms in total. The third-order valence-corrected chi connectivity index (χ3v) is 2.61. The summed E-state index contributed by atoms with van der Waals surface area (Å²) < 4.78 is 0. The molecule has 0 bridgehead atoms. The van der Waals surface area contributed by atoms with Crippen LogP contribution in [0.3, 0.4) is 0 Å². The Labute approximate surface area is 110 Å². The Morgan fingerprint density at radius 2 is 2.17 bits per heavy atom. The summed E-state index contributed by atoms with van der Waals surface area (Å²) in [5, 5.41) is 5.86. The molecule has 0 aromatic heterocycles. The molecular weight excluding hydrogens is 230 g/mol. The highest BCUT2D eigenvalue weighted by Gasteiger charge is 2.22. The van der Waals surface area contributed by atoms with Crippen molar-refractivity contribution in [3.05, 3.63) is 12.7 Å². The molecule has 0 fully saturated rings. The lowest BCUT2D eigenvalue weighted by Gasteiger charge is -2.26. The quantitative estimate of drug-likeness (QED) is 0.321. The first-order valence-electron chi connectivity index (χ1n) is 6.45. The van der Waals surface area contributed by atoms with Crippen LogP contribution in [0.4, 0.5) is 0 Å². The highest BCUT2D eigenvalue weighted by atomic mass is 16.2. The molecule has 0 aromatic rings. The molecule has 18 heavy (non-hydrogen) atoms. The van der Waals surface area contributed by atoms with E-state index >= 15 is 0 Å². The van der Waals surface area contributed by atoms with Gasteiger partial charge in [0.25, 0.3) is 0 Å². The first-order valence-corrected chi connectivity index (χ1v) is 6.45. The molecule has 0 unspecified atom stereocenters.